The zero-order valence-corrected chi connectivity index (χ0v) is 13.0. The van der Waals surface area contributed by atoms with Gasteiger partial charge in [-0.2, -0.15) is 13.2 Å². The minimum Gasteiger partial charge on any atom is -0.468 e. The van der Waals surface area contributed by atoms with Gasteiger partial charge in [-0.15, -0.1) is 0 Å². The highest BCUT2D eigenvalue weighted by Crippen LogP contribution is 2.25. The number of aromatic nitrogens is 1. The molecule has 0 spiro atoms. The molecule has 1 N–H and O–H groups in total. The summed E-state index contributed by atoms with van der Waals surface area (Å²) >= 11 is 5.66. The van der Waals surface area contributed by atoms with Gasteiger partial charge in [-0.05, 0) is 18.2 Å². The predicted molar refractivity (Wildman–Crippen MR) is 81.8 cm³/mol. The molecule has 1 heterocycles. The van der Waals surface area contributed by atoms with Crippen LogP contribution in [0.25, 0.3) is 0 Å². The first-order valence-electron chi connectivity index (χ1n) is 6.56. The highest BCUT2D eigenvalue weighted by Gasteiger charge is 2.28. The fourth-order valence-electron chi connectivity index (χ4n) is 1.69. The molecule has 0 fully saturated rings. The second-order valence-electron chi connectivity index (χ2n) is 4.67. The van der Waals surface area contributed by atoms with E-state index in [2.05, 4.69) is 15.0 Å². The highest BCUT2D eigenvalue weighted by molar-refractivity contribution is 6.32. The number of carbonyl (C=O) groups excluding carboxylic acids is 1. The molecule has 1 aromatic heterocycles. The van der Waals surface area contributed by atoms with Crippen molar-refractivity contribution in [3.8, 4) is 5.88 Å². The lowest BCUT2D eigenvalue weighted by Gasteiger charge is -2.09. The number of nitro groups is 1. The predicted octanol–water partition coefficient (Wildman–Crippen LogP) is 3.84. The molecule has 1 aromatic carbocycles. The molecule has 0 bridgehead atoms. The van der Waals surface area contributed by atoms with Gasteiger partial charge in [-0.1, -0.05) is 11.6 Å². The van der Waals surface area contributed by atoms with Crippen molar-refractivity contribution in [2.75, 3.05) is 11.9 Å². The Kier molecular flexibility index (Phi) is 5.42. The summed E-state index contributed by atoms with van der Waals surface area (Å²) in [5.41, 5.74) is -0.279. The smallest absolute Gasteiger partial charge is 0.422 e. The molecule has 0 saturated carbocycles. The molecule has 0 aliphatic rings. The van der Waals surface area contributed by atoms with Crippen LogP contribution in [0.3, 0.4) is 0 Å². The molecule has 2 rings (SSSR count). The molecule has 0 aliphatic carbocycles. The molecular weight excluding hydrogens is 367 g/mol. The van der Waals surface area contributed by atoms with Crippen LogP contribution in [0.2, 0.25) is 5.02 Å². The molecule has 11 heteroatoms. The Bertz CT molecular complexity index is 797. The summed E-state index contributed by atoms with van der Waals surface area (Å²) in [7, 11) is 0. The number of nitrogens with one attached hydrogen (secondary N) is 1. The topological polar surface area (TPSA) is 94.4 Å². The van der Waals surface area contributed by atoms with Gasteiger partial charge < -0.3 is 10.1 Å². The molecule has 1 amide bonds. The lowest BCUT2D eigenvalue weighted by atomic mass is 10.2. The number of amides is 1. The minimum absolute atomic E-state index is 0.0199. The summed E-state index contributed by atoms with van der Waals surface area (Å²) < 4.78 is 40.5. The van der Waals surface area contributed by atoms with E-state index in [9.17, 15) is 28.1 Å². The maximum Gasteiger partial charge on any atom is 0.422 e. The summed E-state index contributed by atoms with van der Waals surface area (Å²) in [6, 6.07) is 5.93. The number of halogens is 4. The number of hydrogen-bond donors (Lipinski definition) is 1. The SMILES string of the molecule is O=C(Nc1ccc(OCC(F)(F)F)nc1)c1ccc(Cl)c([N+](=O)[O-])c1. The zero-order chi connectivity index (χ0) is 18.6. The number of pyridine rings is 1. The van der Waals surface area contributed by atoms with Crippen LogP contribution in [-0.2, 0) is 0 Å². The van der Waals surface area contributed by atoms with E-state index in [1.54, 1.807) is 0 Å². The van der Waals surface area contributed by atoms with Gasteiger partial charge in [0.05, 0.1) is 16.8 Å². The second-order valence-corrected chi connectivity index (χ2v) is 5.07. The minimum atomic E-state index is -4.49. The average Bonchev–Trinajstić information content (AvgIpc) is 2.53. The molecule has 2 aromatic rings. The maximum absolute atomic E-state index is 12.1. The van der Waals surface area contributed by atoms with Gasteiger partial charge in [-0.3, -0.25) is 14.9 Å². The van der Waals surface area contributed by atoms with E-state index in [0.717, 1.165) is 18.3 Å². The first-order chi connectivity index (χ1) is 11.7. The quantitative estimate of drug-likeness (QED) is 0.633. The third kappa shape index (κ3) is 5.31. The van der Waals surface area contributed by atoms with Gasteiger partial charge in [0.15, 0.2) is 6.61 Å². The molecule has 132 valence electrons. The molecule has 25 heavy (non-hydrogen) atoms. The Morgan fingerprint density at radius 1 is 1.32 bits per heavy atom. The van der Waals surface area contributed by atoms with Crippen molar-refractivity contribution in [1.82, 2.24) is 4.98 Å². The summed E-state index contributed by atoms with van der Waals surface area (Å²) in [6.07, 6.45) is -3.40. The van der Waals surface area contributed by atoms with E-state index in [1.807, 2.05) is 0 Å². The number of nitrogens with zero attached hydrogens (tertiary/aromatic N) is 2. The van der Waals surface area contributed by atoms with Crippen molar-refractivity contribution in [2.24, 2.45) is 0 Å². The Labute approximate surface area is 143 Å². The molecule has 7 nitrogen and oxygen atoms in total. The third-order valence-electron chi connectivity index (χ3n) is 2.78. The number of alkyl halides is 3. The largest absolute Gasteiger partial charge is 0.468 e. The van der Waals surface area contributed by atoms with Crippen LogP contribution in [0.15, 0.2) is 36.5 Å². The van der Waals surface area contributed by atoms with Crippen molar-refractivity contribution in [3.05, 3.63) is 57.2 Å². The Morgan fingerprint density at radius 3 is 2.60 bits per heavy atom. The summed E-state index contributed by atoms with van der Waals surface area (Å²) in [5.74, 6) is -0.942. The van der Waals surface area contributed by atoms with E-state index in [1.165, 1.54) is 18.2 Å². The monoisotopic (exact) mass is 375 g/mol. The fraction of sp³-hybridized carbons (Fsp3) is 0.143. The van der Waals surface area contributed by atoms with E-state index in [4.69, 9.17) is 11.6 Å². The Morgan fingerprint density at radius 2 is 2.04 bits per heavy atom. The standard InChI is InChI=1S/C14H9ClF3N3O4/c15-10-3-1-8(5-11(10)21(23)24)13(22)20-9-2-4-12(19-6-9)25-7-14(16,17)18/h1-6H,7H2,(H,20,22). The van der Waals surface area contributed by atoms with Crippen molar-refractivity contribution in [1.29, 1.82) is 0 Å². The van der Waals surface area contributed by atoms with Crippen LogP contribution >= 0.6 is 11.6 Å². The molecule has 0 radical (unpaired) electrons. The van der Waals surface area contributed by atoms with Crippen LogP contribution in [0.1, 0.15) is 10.4 Å². The number of hydrogen-bond acceptors (Lipinski definition) is 5. The number of ether oxygens (including phenoxy) is 1. The maximum atomic E-state index is 12.1. The van der Waals surface area contributed by atoms with Crippen molar-refractivity contribution in [3.63, 3.8) is 0 Å². The molecule has 0 saturated heterocycles. The molecule has 0 aliphatic heterocycles. The van der Waals surface area contributed by atoms with Gasteiger partial charge in [-0.25, -0.2) is 4.98 Å². The Hall–Kier alpha value is -2.88. The normalized spacial score (nSPS) is 11.0. The van der Waals surface area contributed by atoms with Gasteiger partial charge in [0.2, 0.25) is 5.88 Å². The fourth-order valence-corrected chi connectivity index (χ4v) is 1.88. The number of nitro benzene ring substituents is 1. The molecule has 0 unspecified atom stereocenters. The number of benzene rings is 1. The van der Waals surface area contributed by atoms with Crippen LogP contribution in [0.5, 0.6) is 5.88 Å². The Balaban J connectivity index is 2.06. The highest BCUT2D eigenvalue weighted by atomic mass is 35.5. The second kappa shape index (κ2) is 7.34. The number of carbonyl (C=O) groups is 1. The lowest BCUT2D eigenvalue weighted by molar-refractivity contribution is -0.384. The van der Waals surface area contributed by atoms with Crippen molar-refractivity contribution >= 4 is 28.9 Å². The van der Waals surface area contributed by atoms with Crippen LogP contribution in [0, 0.1) is 10.1 Å². The molecule has 0 atom stereocenters. The van der Waals surface area contributed by atoms with Gasteiger partial charge >= 0.3 is 6.18 Å². The number of rotatable bonds is 5. The van der Waals surface area contributed by atoms with Gasteiger partial charge in [0, 0.05) is 17.7 Å². The van der Waals surface area contributed by atoms with Crippen LogP contribution in [-0.4, -0.2) is 28.6 Å². The molecular formula is C14H9ClF3N3O4. The average molecular weight is 376 g/mol. The first kappa shape index (κ1) is 18.5. The van der Waals surface area contributed by atoms with E-state index < -0.39 is 29.3 Å². The van der Waals surface area contributed by atoms with E-state index >= 15 is 0 Å². The number of anilines is 1. The summed E-state index contributed by atoms with van der Waals surface area (Å²) in [6.45, 7) is -1.49. The first-order valence-corrected chi connectivity index (χ1v) is 6.94. The van der Waals surface area contributed by atoms with Crippen molar-refractivity contribution < 1.29 is 27.6 Å². The van der Waals surface area contributed by atoms with E-state index in [0.29, 0.717) is 0 Å². The third-order valence-corrected chi connectivity index (χ3v) is 3.10. The van der Waals surface area contributed by atoms with Crippen molar-refractivity contribution in [2.45, 2.75) is 6.18 Å². The van der Waals surface area contributed by atoms with Crippen LogP contribution < -0.4 is 10.1 Å². The lowest BCUT2D eigenvalue weighted by Crippen LogP contribution is -2.19. The van der Waals surface area contributed by atoms with Gasteiger partial charge in [0.1, 0.15) is 5.02 Å². The summed E-state index contributed by atoms with van der Waals surface area (Å²) in [5, 5.41) is 13.1. The van der Waals surface area contributed by atoms with E-state index in [-0.39, 0.29) is 22.2 Å². The van der Waals surface area contributed by atoms with Crippen LogP contribution in [0.4, 0.5) is 24.5 Å². The zero-order valence-electron chi connectivity index (χ0n) is 12.2. The van der Waals surface area contributed by atoms with Gasteiger partial charge in [0.25, 0.3) is 11.6 Å². The summed E-state index contributed by atoms with van der Waals surface area (Å²) in [4.78, 5) is 25.8.